The highest BCUT2D eigenvalue weighted by Gasteiger charge is 2.40. The van der Waals surface area contributed by atoms with E-state index >= 15 is 0 Å². The Morgan fingerprint density at radius 2 is 2.04 bits per heavy atom. The standard InChI is InChI=1S/C13H13FN2O6S/c1-7(17)15-8-2-3-11(10(4-8)13(19)20)16-6-9(5-12(16)18)23(14,21)22/h2-4,9H,5-6H2,1H3,(H,15,17)(H,19,20). The minimum Gasteiger partial charge on any atom is -0.478 e. The molecule has 2 amide bonds. The molecule has 8 nitrogen and oxygen atoms in total. The molecule has 1 aliphatic heterocycles. The quantitative estimate of drug-likeness (QED) is 0.778. The lowest BCUT2D eigenvalue weighted by Crippen LogP contribution is -2.28. The fourth-order valence-electron chi connectivity index (χ4n) is 2.32. The Kier molecular flexibility index (Phi) is 4.37. The summed E-state index contributed by atoms with van der Waals surface area (Å²) >= 11 is 0. The van der Waals surface area contributed by atoms with Crippen molar-refractivity contribution < 1.29 is 31.8 Å². The molecule has 1 saturated heterocycles. The lowest BCUT2D eigenvalue weighted by Gasteiger charge is -2.19. The van der Waals surface area contributed by atoms with E-state index in [9.17, 15) is 31.8 Å². The maximum atomic E-state index is 13.1. The molecule has 0 aliphatic carbocycles. The van der Waals surface area contributed by atoms with Crippen LogP contribution in [0.1, 0.15) is 23.7 Å². The maximum Gasteiger partial charge on any atom is 0.337 e. The molecule has 1 fully saturated rings. The first kappa shape index (κ1) is 16.9. The number of halogens is 1. The minimum absolute atomic E-state index is 0.0530. The number of benzene rings is 1. The van der Waals surface area contributed by atoms with E-state index < -0.39 is 46.2 Å². The van der Waals surface area contributed by atoms with E-state index in [4.69, 9.17) is 0 Å². The number of carboxylic acids is 1. The second-order valence-electron chi connectivity index (χ2n) is 5.02. The molecule has 2 rings (SSSR count). The number of amides is 2. The lowest BCUT2D eigenvalue weighted by atomic mass is 10.1. The molecular formula is C13H13FN2O6S. The van der Waals surface area contributed by atoms with Crippen molar-refractivity contribution >= 4 is 39.4 Å². The number of rotatable bonds is 4. The van der Waals surface area contributed by atoms with Gasteiger partial charge >= 0.3 is 16.2 Å². The van der Waals surface area contributed by atoms with Gasteiger partial charge in [0.25, 0.3) is 0 Å². The number of hydrogen-bond donors (Lipinski definition) is 2. The van der Waals surface area contributed by atoms with Crippen molar-refractivity contribution in [3.8, 4) is 0 Å². The fourth-order valence-corrected chi connectivity index (χ4v) is 2.99. The van der Waals surface area contributed by atoms with Crippen LogP contribution in [0.5, 0.6) is 0 Å². The van der Waals surface area contributed by atoms with Gasteiger partial charge in [0.15, 0.2) is 0 Å². The van der Waals surface area contributed by atoms with Gasteiger partial charge in [-0.15, -0.1) is 3.89 Å². The van der Waals surface area contributed by atoms with Crippen LogP contribution in [0.15, 0.2) is 18.2 Å². The van der Waals surface area contributed by atoms with Gasteiger partial charge in [0.2, 0.25) is 11.8 Å². The van der Waals surface area contributed by atoms with Crippen molar-refractivity contribution in [3.63, 3.8) is 0 Å². The van der Waals surface area contributed by atoms with Crippen LogP contribution in [-0.4, -0.2) is 43.1 Å². The van der Waals surface area contributed by atoms with Crippen LogP contribution in [0.4, 0.5) is 15.3 Å². The molecule has 0 aromatic heterocycles. The van der Waals surface area contributed by atoms with Crippen molar-refractivity contribution in [3.05, 3.63) is 23.8 Å². The monoisotopic (exact) mass is 344 g/mol. The first-order valence-electron chi connectivity index (χ1n) is 6.48. The van der Waals surface area contributed by atoms with Gasteiger partial charge in [0.1, 0.15) is 5.25 Å². The molecule has 10 heteroatoms. The molecule has 0 saturated carbocycles. The van der Waals surface area contributed by atoms with E-state index in [-0.39, 0.29) is 16.9 Å². The zero-order valence-corrected chi connectivity index (χ0v) is 12.8. The van der Waals surface area contributed by atoms with Gasteiger partial charge in [0, 0.05) is 25.6 Å². The molecule has 0 radical (unpaired) electrons. The zero-order valence-electron chi connectivity index (χ0n) is 11.9. The van der Waals surface area contributed by atoms with E-state index in [1.807, 2.05) is 0 Å². The highest BCUT2D eigenvalue weighted by molar-refractivity contribution is 7.87. The van der Waals surface area contributed by atoms with Crippen molar-refractivity contribution in [1.82, 2.24) is 0 Å². The zero-order chi connectivity index (χ0) is 17.4. The Morgan fingerprint density at radius 3 is 2.52 bits per heavy atom. The van der Waals surface area contributed by atoms with Gasteiger partial charge in [0.05, 0.1) is 11.3 Å². The Morgan fingerprint density at radius 1 is 1.39 bits per heavy atom. The van der Waals surface area contributed by atoms with E-state index in [0.29, 0.717) is 0 Å². The normalized spacial score (nSPS) is 18.1. The van der Waals surface area contributed by atoms with Gasteiger partial charge < -0.3 is 15.3 Å². The number of aromatic carboxylic acids is 1. The number of nitrogens with zero attached hydrogens (tertiary/aromatic N) is 1. The summed E-state index contributed by atoms with van der Waals surface area (Å²) < 4.78 is 34.9. The summed E-state index contributed by atoms with van der Waals surface area (Å²) in [6.45, 7) is 0.784. The van der Waals surface area contributed by atoms with Crippen molar-refractivity contribution in [2.45, 2.75) is 18.6 Å². The van der Waals surface area contributed by atoms with Gasteiger partial charge in [-0.25, -0.2) is 4.79 Å². The topological polar surface area (TPSA) is 121 Å². The van der Waals surface area contributed by atoms with Crippen LogP contribution < -0.4 is 10.2 Å². The van der Waals surface area contributed by atoms with Crippen LogP contribution in [0.25, 0.3) is 0 Å². The third-order valence-electron chi connectivity index (χ3n) is 3.33. The lowest BCUT2D eigenvalue weighted by molar-refractivity contribution is -0.117. The molecule has 1 unspecified atom stereocenters. The molecule has 1 aliphatic rings. The van der Waals surface area contributed by atoms with Crippen LogP contribution in [-0.2, 0) is 19.8 Å². The summed E-state index contributed by atoms with van der Waals surface area (Å²) in [6, 6.07) is 3.78. The van der Waals surface area contributed by atoms with E-state index in [2.05, 4.69) is 5.32 Å². The Labute approximate surface area is 131 Å². The van der Waals surface area contributed by atoms with Gasteiger partial charge in [-0.2, -0.15) is 8.42 Å². The number of carbonyl (C=O) groups is 3. The second-order valence-corrected chi connectivity index (χ2v) is 6.64. The summed E-state index contributed by atoms with van der Waals surface area (Å²) in [6.07, 6.45) is -0.550. The number of hydrogen-bond acceptors (Lipinski definition) is 5. The first-order valence-corrected chi connectivity index (χ1v) is 7.93. The largest absolute Gasteiger partial charge is 0.478 e. The average Bonchev–Trinajstić information content (AvgIpc) is 2.80. The molecule has 2 N–H and O–H groups in total. The van der Waals surface area contributed by atoms with Gasteiger partial charge in [-0.1, -0.05) is 0 Å². The molecule has 1 atom stereocenters. The summed E-state index contributed by atoms with van der Waals surface area (Å²) in [4.78, 5) is 35.2. The Bertz CT molecular complexity index is 792. The molecule has 1 aromatic carbocycles. The highest BCUT2D eigenvalue weighted by Crippen LogP contribution is 2.30. The van der Waals surface area contributed by atoms with Gasteiger partial charge in [-0.05, 0) is 18.2 Å². The molecule has 124 valence electrons. The van der Waals surface area contributed by atoms with E-state index in [0.717, 1.165) is 11.0 Å². The third kappa shape index (κ3) is 3.65. The molecule has 1 heterocycles. The third-order valence-corrected chi connectivity index (χ3v) is 4.44. The van der Waals surface area contributed by atoms with E-state index in [1.54, 1.807) is 0 Å². The molecule has 0 bridgehead atoms. The van der Waals surface area contributed by atoms with Crippen LogP contribution in [0, 0.1) is 0 Å². The Balaban J connectivity index is 2.41. The smallest absolute Gasteiger partial charge is 0.337 e. The predicted octanol–water partition coefficient (Wildman–Crippen LogP) is 0.748. The number of nitrogens with one attached hydrogen (secondary N) is 1. The van der Waals surface area contributed by atoms with Crippen molar-refractivity contribution in [2.24, 2.45) is 0 Å². The number of carbonyl (C=O) groups excluding carboxylic acids is 2. The summed E-state index contributed by atoms with van der Waals surface area (Å²) in [7, 11) is -4.90. The van der Waals surface area contributed by atoms with E-state index in [1.165, 1.54) is 19.1 Å². The molecule has 23 heavy (non-hydrogen) atoms. The summed E-state index contributed by atoms with van der Waals surface area (Å²) in [5.41, 5.74) is -0.149. The van der Waals surface area contributed by atoms with Crippen molar-refractivity contribution in [2.75, 3.05) is 16.8 Å². The number of carboxylic acid groups (broad SMARTS) is 1. The van der Waals surface area contributed by atoms with Gasteiger partial charge in [-0.3, -0.25) is 9.59 Å². The summed E-state index contributed by atoms with van der Waals surface area (Å²) in [5.74, 6) is -2.47. The van der Waals surface area contributed by atoms with Crippen LogP contribution >= 0.6 is 0 Å². The van der Waals surface area contributed by atoms with Crippen LogP contribution in [0.2, 0.25) is 0 Å². The molecule has 0 spiro atoms. The predicted molar refractivity (Wildman–Crippen MR) is 78.5 cm³/mol. The second kappa shape index (κ2) is 5.95. The fraction of sp³-hybridized carbons (Fsp3) is 0.308. The highest BCUT2D eigenvalue weighted by atomic mass is 32.3. The number of anilines is 2. The minimum atomic E-state index is -4.90. The first-order chi connectivity index (χ1) is 10.6. The van der Waals surface area contributed by atoms with Crippen molar-refractivity contribution in [1.29, 1.82) is 0 Å². The summed E-state index contributed by atoms with van der Waals surface area (Å²) in [5, 5.41) is 10.1. The molecular weight excluding hydrogens is 331 g/mol. The SMILES string of the molecule is CC(=O)Nc1ccc(N2CC(S(=O)(=O)F)CC2=O)c(C(=O)O)c1. The maximum absolute atomic E-state index is 13.1. The van der Waals surface area contributed by atoms with Crippen LogP contribution in [0.3, 0.4) is 0 Å². The average molecular weight is 344 g/mol. The Hall–Kier alpha value is -2.49. The molecule has 1 aromatic rings.